The molecule has 1 aromatic heterocycles. The number of nitrogens with zero attached hydrogens (tertiary/aromatic N) is 4. The average molecular weight is 375 g/mol. The number of anilines is 3. The van der Waals surface area contributed by atoms with E-state index in [9.17, 15) is 13.2 Å². The molecule has 3 aromatic rings. The fraction of sp³-hybridized carbons (Fsp3) is 0.222. The third kappa shape index (κ3) is 3.87. The SMILES string of the molecule is Fc1cc(Nc2ncn(-c3ccc(F)c(F)c3)n2)cc(N2CCOCC2)c1. The van der Waals surface area contributed by atoms with Gasteiger partial charge in [0.2, 0.25) is 5.95 Å². The van der Waals surface area contributed by atoms with E-state index in [0.717, 1.165) is 17.8 Å². The largest absolute Gasteiger partial charge is 0.378 e. The van der Waals surface area contributed by atoms with Crippen molar-refractivity contribution in [2.45, 2.75) is 0 Å². The van der Waals surface area contributed by atoms with Crippen LogP contribution < -0.4 is 10.2 Å². The highest BCUT2D eigenvalue weighted by Gasteiger charge is 2.14. The molecule has 1 N–H and O–H groups in total. The summed E-state index contributed by atoms with van der Waals surface area (Å²) in [5.41, 5.74) is 1.54. The summed E-state index contributed by atoms with van der Waals surface area (Å²) in [5.74, 6) is -2.09. The molecule has 0 bridgehead atoms. The van der Waals surface area contributed by atoms with Crippen molar-refractivity contribution in [3.8, 4) is 5.69 Å². The van der Waals surface area contributed by atoms with Crippen LogP contribution in [0.15, 0.2) is 42.7 Å². The first-order chi connectivity index (χ1) is 13.1. The van der Waals surface area contributed by atoms with Crippen LogP contribution in [-0.2, 0) is 4.74 Å². The summed E-state index contributed by atoms with van der Waals surface area (Å²) in [5, 5.41) is 7.10. The Labute approximate surface area is 153 Å². The Balaban J connectivity index is 1.55. The molecule has 1 aliphatic heterocycles. The van der Waals surface area contributed by atoms with Gasteiger partial charge in [0.05, 0.1) is 18.9 Å². The summed E-state index contributed by atoms with van der Waals surface area (Å²) >= 11 is 0. The Morgan fingerprint density at radius 3 is 2.52 bits per heavy atom. The van der Waals surface area contributed by atoms with E-state index in [1.807, 2.05) is 4.90 Å². The van der Waals surface area contributed by atoms with Gasteiger partial charge in [-0.1, -0.05) is 0 Å². The molecule has 0 saturated carbocycles. The molecule has 0 aliphatic carbocycles. The highest BCUT2D eigenvalue weighted by atomic mass is 19.2. The van der Waals surface area contributed by atoms with Crippen LogP contribution in [0.2, 0.25) is 0 Å². The molecular weight excluding hydrogens is 359 g/mol. The highest BCUT2D eigenvalue weighted by molar-refractivity contribution is 5.62. The molecule has 1 aliphatic rings. The first kappa shape index (κ1) is 17.3. The average Bonchev–Trinajstić information content (AvgIpc) is 3.12. The van der Waals surface area contributed by atoms with Crippen molar-refractivity contribution in [1.29, 1.82) is 0 Å². The van der Waals surface area contributed by atoms with Crippen molar-refractivity contribution in [1.82, 2.24) is 14.8 Å². The summed E-state index contributed by atoms with van der Waals surface area (Å²) in [6, 6.07) is 8.02. The van der Waals surface area contributed by atoms with E-state index in [2.05, 4.69) is 15.4 Å². The Morgan fingerprint density at radius 1 is 0.926 bits per heavy atom. The van der Waals surface area contributed by atoms with Gasteiger partial charge in [-0.15, -0.1) is 5.10 Å². The zero-order valence-electron chi connectivity index (χ0n) is 14.2. The van der Waals surface area contributed by atoms with Gasteiger partial charge >= 0.3 is 0 Å². The smallest absolute Gasteiger partial charge is 0.246 e. The zero-order valence-corrected chi connectivity index (χ0v) is 14.2. The van der Waals surface area contributed by atoms with E-state index in [-0.39, 0.29) is 11.8 Å². The molecule has 0 radical (unpaired) electrons. The molecule has 0 amide bonds. The maximum atomic E-state index is 14.0. The Morgan fingerprint density at radius 2 is 1.74 bits per heavy atom. The predicted octanol–water partition coefficient (Wildman–Crippen LogP) is 3.26. The summed E-state index contributed by atoms with van der Waals surface area (Å²) in [7, 11) is 0. The van der Waals surface area contributed by atoms with Gasteiger partial charge in [-0.2, -0.15) is 4.98 Å². The van der Waals surface area contributed by atoms with E-state index in [1.165, 1.54) is 29.2 Å². The minimum atomic E-state index is -0.974. The Kier molecular flexibility index (Phi) is 4.68. The van der Waals surface area contributed by atoms with Crippen LogP contribution in [0.5, 0.6) is 0 Å². The molecule has 1 fully saturated rings. The van der Waals surface area contributed by atoms with Crippen molar-refractivity contribution in [3.63, 3.8) is 0 Å². The van der Waals surface area contributed by atoms with E-state index < -0.39 is 11.6 Å². The first-order valence-electron chi connectivity index (χ1n) is 8.36. The van der Waals surface area contributed by atoms with Gasteiger partial charge in [0.25, 0.3) is 0 Å². The minimum absolute atomic E-state index is 0.207. The van der Waals surface area contributed by atoms with Crippen LogP contribution >= 0.6 is 0 Å². The van der Waals surface area contributed by atoms with Crippen LogP contribution in [0.4, 0.5) is 30.5 Å². The van der Waals surface area contributed by atoms with E-state index in [0.29, 0.717) is 37.7 Å². The summed E-state index contributed by atoms with van der Waals surface area (Å²) in [6.07, 6.45) is 1.36. The van der Waals surface area contributed by atoms with Crippen LogP contribution in [-0.4, -0.2) is 41.1 Å². The number of morpholine rings is 1. The molecule has 9 heteroatoms. The lowest BCUT2D eigenvalue weighted by atomic mass is 10.2. The maximum absolute atomic E-state index is 14.0. The topological polar surface area (TPSA) is 55.2 Å². The number of ether oxygens (including phenoxy) is 1. The monoisotopic (exact) mass is 375 g/mol. The van der Waals surface area contributed by atoms with Crippen LogP contribution in [0, 0.1) is 17.5 Å². The molecule has 140 valence electrons. The fourth-order valence-electron chi connectivity index (χ4n) is 2.85. The number of benzene rings is 2. The molecule has 1 saturated heterocycles. The summed E-state index contributed by atoms with van der Waals surface area (Å²) in [6.45, 7) is 2.57. The van der Waals surface area contributed by atoms with Crippen LogP contribution in [0.25, 0.3) is 5.69 Å². The van der Waals surface area contributed by atoms with Crippen molar-refractivity contribution in [2.75, 3.05) is 36.5 Å². The molecule has 0 atom stereocenters. The molecule has 2 heterocycles. The highest BCUT2D eigenvalue weighted by Crippen LogP contribution is 2.24. The predicted molar refractivity (Wildman–Crippen MR) is 94.0 cm³/mol. The number of aromatic nitrogens is 3. The summed E-state index contributed by atoms with van der Waals surface area (Å²) in [4.78, 5) is 6.11. The summed E-state index contributed by atoms with van der Waals surface area (Å²) < 4.78 is 47.1. The van der Waals surface area contributed by atoms with Gasteiger partial charge in [0, 0.05) is 30.5 Å². The number of nitrogens with one attached hydrogen (secondary N) is 1. The molecular formula is C18H16F3N5O. The third-order valence-corrected chi connectivity index (χ3v) is 4.17. The van der Waals surface area contributed by atoms with E-state index in [1.54, 1.807) is 6.07 Å². The molecule has 2 aromatic carbocycles. The molecule has 4 rings (SSSR count). The van der Waals surface area contributed by atoms with Gasteiger partial charge in [0.15, 0.2) is 11.6 Å². The molecule has 27 heavy (non-hydrogen) atoms. The Bertz CT molecular complexity index is 956. The number of halogens is 3. The standard InChI is InChI=1S/C18H16F3N5O/c19-12-7-13(9-15(8-12)25-3-5-27-6-4-25)23-18-22-11-26(24-18)14-1-2-16(20)17(21)10-14/h1-2,7-11H,3-6H2,(H,23,24). The van der Waals surface area contributed by atoms with Crippen molar-refractivity contribution in [3.05, 3.63) is 60.2 Å². The van der Waals surface area contributed by atoms with E-state index in [4.69, 9.17) is 4.74 Å². The maximum Gasteiger partial charge on any atom is 0.246 e. The van der Waals surface area contributed by atoms with Gasteiger partial charge in [-0.05, 0) is 30.3 Å². The van der Waals surface area contributed by atoms with E-state index >= 15 is 0 Å². The fourth-order valence-corrected chi connectivity index (χ4v) is 2.85. The quantitative estimate of drug-likeness (QED) is 0.759. The van der Waals surface area contributed by atoms with Gasteiger partial charge in [-0.25, -0.2) is 17.9 Å². The first-order valence-corrected chi connectivity index (χ1v) is 8.36. The zero-order chi connectivity index (χ0) is 18.8. The lowest BCUT2D eigenvalue weighted by molar-refractivity contribution is 0.122. The number of rotatable bonds is 4. The van der Waals surface area contributed by atoms with Crippen LogP contribution in [0.1, 0.15) is 0 Å². The molecule has 6 nitrogen and oxygen atoms in total. The Hall–Kier alpha value is -3.07. The van der Waals surface area contributed by atoms with Gasteiger partial charge in [-0.3, -0.25) is 0 Å². The van der Waals surface area contributed by atoms with Crippen molar-refractivity contribution in [2.24, 2.45) is 0 Å². The number of hydrogen-bond donors (Lipinski definition) is 1. The number of hydrogen-bond acceptors (Lipinski definition) is 5. The minimum Gasteiger partial charge on any atom is -0.378 e. The normalized spacial score (nSPS) is 14.4. The second-order valence-corrected chi connectivity index (χ2v) is 6.03. The third-order valence-electron chi connectivity index (χ3n) is 4.17. The van der Waals surface area contributed by atoms with Crippen LogP contribution in [0.3, 0.4) is 0 Å². The van der Waals surface area contributed by atoms with Crippen molar-refractivity contribution < 1.29 is 17.9 Å². The second kappa shape index (κ2) is 7.28. The molecule has 0 unspecified atom stereocenters. The van der Waals surface area contributed by atoms with Crippen molar-refractivity contribution >= 4 is 17.3 Å². The van der Waals surface area contributed by atoms with Gasteiger partial charge < -0.3 is 15.0 Å². The second-order valence-electron chi connectivity index (χ2n) is 6.03. The lowest BCUT2D eigenvalue weighted by Gasteiger charge is -2.29. The lowest BCUT2D eigenvalue weighted by Crippen LogP contribution is -2.36. The van der Waals surface area contributed by atoms with Gasteiger partial charge in [0.1, 0.15) is 12.1 Å². The molecule has 0 spiro atoms.